The van der Waals surface area contributed by atoms with Crippen molar-refractivity contribution in [1.29, 1.82) is 0 Å². The van der Waals surface area contributed by atoms with Gasteiger partial charge < -0.3 is 19.9 Å². The molecule has 1 saturated heterocycles. The molecule has 0 radical (unpaired) electrons. The molecule has 0 aromatic carbocycles. The highest BCUT2D eigenvalue weighted by Gasteiger charge is 2.32. The number of ether oxygens (including phenoxy) is 1. The van der Waals surface area contributed by atoms with Gasteiger partial charge in [-0.3, -0.25) is 4.79 Å². The standard InChI is InChI=1S/C11H21N3O3/c1-4-17-11(16)9-7-12-5-6-14(9)10(15)8-13(2)3/h9,12H,4-8H2,1-3H3. The molecule has 1 heterocycles. The maximum absolute atomic E-state index is 12.0. The van der Waals surface area contributed by atoms with Crippen molar-refractivity contribution in [3.8, 4) is 0 Å². The average molecular weight is 243 g/mol. The molecule has 0 spiro atoms. The Hall–Kier alpha value is -1.14. The number of rotatable bonds is 4. The largest absolute Gasteiger partial charge is 0.464 e. The molecule has 0 saturated carbocycles. The molecule has 6 nitrogen and oxygen atoms in total. The molecule has 1 rings (SSSR count). The van der Waals surface area contributed by atoms with Crippen LogP contribution in [0.25, 0.3) is 0 Å². The first-order valence-corrected chi connectivity index (χ1v) is 5.87. The maximum Gasteiger partial charge on any atom is 0.330 e. The molecule has 0 aliphatic carbocycles. The Morgan fingerprint density at radius 1 is 1.47 bits per heavy atom. The number of amides is 1. The molecular formula is C11H21N3O3. The van der Waals surface area contributed by atoms with E-state index in [1.165, 1.54) is 0 Å². The van der Waals surface area contributed by atoms with Crippen LogP contribution in [0.15, 0.2) is 0 Å². The van der Waals surface area contributed by atoms with E-state index >= 15 is 0 Å². The second-order valence-electron chi connectivity index (χ2n) is 4.30. The zero-order valence-electron chi connectivity index (χ0n) is 10.7. The second-order valence-corrected chi connectivity index (χ2v) is 4.30. The van der Waals surface area contributed by atoms with Crippen LogP contribution < -0.4 is 5.32 Å². The fourth-order valence-electron chi connectivity index (χ4n) is 1.81. The third-order valence-electron chi connectivity index (χ3n) is 2.57. The van der Waals surface area contributed by atoms with E-state index < -0.39 is 6.04 Å². The Balaban J connectivity index is 2.65. The van der Waals surface area contributed by atoms with E-state index in [1.54, 1.807) is 16.7 Å². The molecule has 1 fully saturated rings. The van der Waals surface area contributed by atoms with E-state index in [-0.39, 0.29) is 11.9 Å². The van der Waals surface area contributed by atoms with Gasteiger partial charge in [-0.1, -0.05) is 0 Å². The number of carbonyl (C=O) groups is 2. The fraction of sp³-hybridized carbons (Fsp3) is 0.818. The molecule has 1 amide bonds. The first-order chi connectivity index (χ1) is 8.06. The van der Waals surface area contributed by atoms with Crippen LogP contribution in [-0.2, 0) is 14.3 Å². The molecule has 0 bridgehead atoms. The van der Waals surface area contributed by atoms with Gasteiger partial charge in [0.1, 0.15) is 6.04 Å². The van der Waals surface area contributed by atoms with Gasteiger partial charge in [-0.2, -0.15) is 0 Å². The lowest BCUT2D eigenvalue weighted by Gasteiger charge is -2.35. The van der Waals surface area contributed by atoms with E-state index in [0.717, 1.165) is 6.54 Å². The maximum atomic E-state index is 12.0. The van der Waals surface area contributed by atoms with Gasteiger partial charge in [0.05, 0.1) is 13.2 Å². The van der Waals surface area contributed by atoms with Gasteiger partial charge in [-0.15, -0.1) is 0 Å². The highest BCUT2D eigenvalue weighted by Crippen LogP contribution is 2.06. The Labute approximate surface area is 102 Å². The summed E-state index contributed by atoms with van der Waals surface area (Å²) in [5.41, 5.74) is 0. The Kier molecular flexibility index (Phi) is 5.37. The lowest BCUT2D eigenvalue weighted by atomic mass is 10.2. The van der Waals surface area contributed by atoms with Gasteiger partial charge in [-0.05, 0) is 21.0 Å². The molecule has 1 N–H and O–H groups in total. The highest BCUT2D eigenvalue weighted by atomic mass is 16.5. The SMILES string of the molecule is CCOC(=O)C1CNCCN1C(=O)CN(C)C. The normalized spacial score (nSPS) is 20.5. The summed E-state index contributed by atoms with van der Waals surface area (Å²) in [5.74, 6) is -0.360. The summed E-state index contributed by atoms with van der Waals surface area (Å²) < 4.78 is 4.98. The summed E-state index contributed by atoms with van der Waals surface area (Å²) in [6.07, 6.45) is 0. The van der Waals surface area contributed by atoms with E-state index in [1.807, 2.05) is 14.1 Å². The molecule has 98 valence electrons. The molecule has 6 heteroatoms. The fourth-order valence-corrected chi connectivity index (χ4v) is 1.81. The smallest absolute Gasteiger partial charge is 0.330 e. The Morgan fingerprint density at radius 3 is 2.76 bits per heavy atom. The van der Waals surface area contributed by atoms with Gasteiger partial charge in [0.25, 0.3) is 0 Å². The molecular weight excluding hydrogens is 222 g/mol. The van der Waals surface area contributed by atoms with E-state index in [0.29, 0.717) is 26.2 Å². The van der Waals surface area contributed by atoms with Crippen LogP contribution in [0.2, 0.25) is 0 Å². The van der Waals surface area contributed by atoms with Crippen LogP contribution in [0, 0.1) is 0 Å². The predicted molar refractivity (Wildman–Crippen MR) is 63.6 cm³/mol. The second kappa shape index (κ2) is 6.56. The van der Waals surface area contributed by atoms with E-state index in [4.69, 9.17) is 4.74 Å². The van der Waals surface area contributed by atoms with Crippen molar-refractivity contribution in [2.24, 2.45) is 0 Å². The van der Waals surface area contributed by atoms with Crippen molar-refractivity contribution in [2.45, 2.75) is 13.0 Å². The summed E-state index contributed by atoms with van der Waals surface area (Å²) in [4.78, 5) is 27.1. The van der Waals surface area contributed by atoms with Crippen molar-refractivity contribution in [3.05, 3.63) is 0 Å². The van der Waals surface area contributed by atoms with Crippen molar-refractivity contribution in [1.82, 2.24) is 15.1 Å². The van der Waals surface area contributed by atoms with Crippen LogP contribution in [0.1, 0.15) is 6.92 Å². The van der Waals surface area contributed by atoms with Gasteiger partial charge in [0.15, 0.2) is 0 Å². The van der Waals surface area contributed by atoms with Crippen molar-refractivity contribution in [2.75, 3.05) is 46.9 Å². The molecule has 1 atom stereocenters. The average Bonchev–Trinajstić information content (AvgIpc) is 2.28. The summed E-state index contributed by atoms with van der Waals surface area (Å²) >= 11 is 0. The number of carbonyl (C=O) groups excluding carboxylic acids is 2. The Morgan fingerprint density at radius 2 is 2.18 bits per heavy atom. The van der Waals surface area contributed by atoms with Gasteiger partial charge >= 0.3 is 5.97 Å². The summed E-state index contributed by atoms with van der Waals surface area (Å²) in [5, 5.41) is 3.10. The van der Waals surface area contributed by atoms with Crippen LogP contribution in [-0.4, -0.2) is 74.6 Å². The number of hydrogen-bond acceptors (Lipinski definition) is 5. The number of nitrogens with zero attached hydrogens (tertiary/aromatic N) is 2. The minimum atomic E-state index is -0.490. The van der Waals surface area contributed by atoms with Gasteiger partial charge in [0, 0.05) is 19.6 Å². The zero-order chi connectivity index (χ0) is 12.8. The number of nitrogens with one attached hydrogen (secondary N) is 1. The lowest BCUT2D eigenvalue weighted by Crippen LogP contribution is -2.58. The van der Waals surface area contributed by atoms with Crippen molar-refractivity contribution in [3.63, 3.8) is 0 Å². The van der Waals surface area contributed by atoms with Crippen LogP contribution in [0.3, 0.4) is 0 Å². The first-order valence-electron chi connectivity index (χ1n) is 5.87. The molecule has 1 unspecified atom stereocenters. The molecule has 0 aromatic heterocycles. The molecule has 1 aliphatic rings. The van der Waals surface area contributed by atoms with E-state index in [2.05, 4.69) is 5.32 Å². The van der Waals surface area contributed by atoms with Crippen LogP contribution in [0.5, 0.6) is 0 Å². The minimum Gasteiger partial charge on any atom is -0.464 e. The summed E-state index contributed by atoms with van der Waals surface area (Å²) in [6.45, 7) is 4.16. The number of hydrogen-bond donors (Lipinski definition) is 1. The molecule has 0 aromatic rings. The molecule has 17 heavy (non-hydrogen) atoms. The van der Waals surface area contributed by atoms with Gasteiger partial charge in [0.2, 0.25) is 5.91 Å². The third kappa shape index (κ3) is 3.98. The van der Waals surface area contributed by atoms with Gasteiger partial charge in [-0.25, -0.2) is 4.79 Å². The third-order valence-corrected chi connectivity index (χ3v) is 2.57. The zero-order valence-corrected chi connectivity index (χ0v) is 10.7. The van der Waals surface area contributed by atoms with Crippen LogP contribution >= 0.6 is 0 Å². The highest BCUT2D eigenvalue weighted by molar-refractivity contribution is 5.86. The van der Waals surface area contributed by atoms with E-state index in [9.17, 15) is 9.59 Å². The van der Waals surface area contributed by atoms with Crippen LogP contribution in [0.4, 0.5) is 0 Å². The quantitative estimate of drug-likeness (QED) is 0.636. The topological polar surface area (TPSA) is 61.9 Å². The number of likely N-dealkylation sites (N-methyl/N-ethyl adjacent to an activating group) is 1. The number of esters is 1. The Bertz CT molecular complexity index is 281. The minimum absolute atomic E-state index is 0.0328. The summed E-state index contributed by atoms with van der Waals surface area (Å²) in [6, 6.07) is -0.490. The molecule has 1 aliphatic heterocycles. The lowest BCUT2D eigenvalue weighted by molar-refractivity contribution is -0.156. The first kappa shape index (κ1) is 13.9. The van der Waals surface area contributed by atoms with Crippen molar-refractivity contribution >= 4 is 11.9 Å². The number of piperazine rings is 1. The van der Waals surface area contributed by atoms with Crippen molar-refractivity contribution < 1.29 is 14.3 Å². The summed E-state index contributed by atoms with van der Waals surface area (Å²) in [7, 11) is 3.67. The monoisotopic (exact) mass is 243 g/mol. The predicted octanol–water partition coefficient (Wildman–Crippen LogP) is -1.09.